The van der Waals surface area contributed by atoms with E-state index in [1.807, 2.05) is 20.8 Å². The average molecular weight is 599 g/mol. The fourth-order valence-corrected chi connectivity index (χ4v) is 6.97. The molecular weight excluding hydrogens is 568 g/mol. The summed E-state index contributed by atoms with van der Waals surface area (Å²) in [5, 5.41) is 1.17. The Kier molecular flexibility index (Phi) is 7.18. The number of ether oxygens (including phenoxy) is 2. The summed E-state index contributed by atoms with van der Waals surface area (Å²) >= 11 is 12.3. The lowest BCUT2D eigenvalue weighted by atomic mass is 9.68. The van der Waals surface area contributed by atoms with E-state index in [2.05, 4.69) is 9.71 Å². The van der Waals surface area contributed by atoms with Gasteiger partial charge in [-0.15, -0.1) is 0 Å². The van der Waals surface area contributed by atoms with Gasteiger partial charge in [0.15, 0.2) is 0 Å². The van der Waals surface area contributed by atoms with Crippen molar-refractivity contribution in [3.05, 3.63) is 52.4 Å². The van der Waals surface area contributed by atoms with Gasteiger partial charge in [0, 0.05) is 36.2 Å². The van der Waals surface area contributed by atoms with Crippen molar-refractivity contribution in [1.29, 1.82) is 0 Å². The number of carbonyl (C=O) groups is 1. The van der Waals surface area contributed by atoms with Crippen LogP contribution in [0.1, 0.15) is 46.5 Å². The molecule has 1 aliphatic carbocycles. The number of likely N-dealkylation sites (tertiary alicyclic amines) is 1. The predicted molar refractivity (Wildman–Crippen MR) is 149 cm³/mol. The van der Waals surface area contributed by atoms with Crippen molar-refractivity contribution >= 4 is 55.9 Å². The molecule has 1 saturated carbocycles. The monoisotopic (exact) mass is 597 g/mol. The zero-order valence-corrected chi connectivity index (χ0v) is 24.1. The molecule has 0 bridgehead atoms. The van der Waals surface area contributed by atoms with Crippen LogP contribution in [0.5, 0.6) is 5.75 Å². The number of halogens is 3. The van der Waals surface area contributed by atoms with Crippen molar-refractivity contribution in [2.75, 3.05) is 17.8 Å². The number of carbonyl (C=O) groups excluding carboxylic acids is 1. The minimum absolute atomic E-state index is 0.0715. The first kappa shape index (κ1) is 27.9. The van der Waals surface area contributed by atoms with Crippen LogP contribution in [0.2, 0.25) is 10.0 Å². The van der Waals surface area contributed by atoms with E-state index in [4.69, 9.17) is 32.7 Å². The Bertz CT molecular complexity index is 1520. The van der Waals surface area contributed by atoms with Crippen LogP contribution in [-0.2, 0) is 14.8 Å². The van der Waals surface area contributed by atoms with Crippen LogP contribution >= 0.6 is 23.2 Å². The third-order valence-corrected chi connectivity index (χ3v) is 9.19. The molecular formula is C27H30Cl2FN3O5S. The summed E-state index contributed by atoms with van der Waals surface area (Å²) in [6, 6.07) is 6.74. The maximum absolute atomic E-state index is 15.0. The molecule has 8 nitrogen and oxygen atoms in total. The lowest BCUT2D eigenvalue weighted by molar-refractivity contribution is -0.0607. The molecule has 0 unspecified atom stereocenters. The van der Waals surface area contributed by atoms with Crippen LogP contribution in [0.4, 0.5) is 14.9 Å². The van der Waals surface area contributed by atoms with E-state index in [9.17, 15) is 13.2 Å². The lowest BCUT2D eigenvalue weighted by Gasteiger charge is -2.53. The van der Waals surface area contributed by atoms with Crippen LogP contribution in [0, 0.1) is 11.2 Å². The Morgan fingerprint density at radius 2 is 1.82 bits per heavy atom. The molecule has 0 radical (unpaired) electrons. The first-order valence-electron chi connectivity index (χ1n) is 12.7. The molecule has 2 fully saturated rings. The molecule has 1 aliphatic heterocycles. The highest BCUT2D eigenvalue weighted by atomic mass is 35.5. The van der Waals surface area contributed by atoms with Crippen molar-refractivity contribution in [2.24, 2.45) is 5.41 Å². The number of nitrogens with one attached hydrogen (secondary N) is 2. The number of rotatable bonds is 5. The number of fused-ring (bicyclic) bond motifs is 1. The highest BCUT2D eigenvalue weighted by Crippen LogP contribution is 2.45. The molecule has 210 valence electrons. The molecule has 2 aliphatic rings. The second-order valence-corrected chi connectivity index (χ2v) is 13.8. The summed E-state index contributed by atoms with van der Waals surface area (Å²) in [4.78, 5) is 16.4. The van der Waals surface area contributed by atoms with E-state index < -0.39 is 26.3 Å². The summed E-state index contributed by atoms with van der Waals surface area (Å²) < 4.78 is 54.9. The summed E-state index contributed by atoms with van der Waals surface area (Å²) in [7, 11) is -4.25. The largest absolute Gasteiger partial charge is 0.490 e. The van der Waals surface area contributed by atoms with Gasteiger partial charge in [0.25, 0.3) is 10.0 Å². The second kappa shape index (κ2) is 10.1. The number of hydrogen-bond acceptors (Lipinski definition) is 5. The number of benzene rings is 2. The van der Waals surface area contributed by atoms with E-state index >= 15 is 4.39 Å². The van der Waals surface area contributed by atoms with E-state index in [0.29, 0.717) is 34.0 Å². The van der Waals surface area contributed by atoms with Gasteiger partial charge < -0.3 is 19.4 Å². The SMILES string of the molecule is CC(C)(C)OC(=O)N1CC2(CCC(Oc3ccc(S(=O)(=O)Nc4ccc(Cl)c5c(Cl)c[nH]c45)c(F)c3)CC2)C1. The average Bonchev–Trinajstić information content (AvgIpc) is 3.21. The summed E-state index contributed by atoms with van der Waals surface area (Å²) in [6.07, 6.45) is 4.38. The molecule has 3 aromatic rings. The predicted octanol–water partition coefficient (Wildman–Crippen LogP) is 6.97. The van der Waals surface area contributed by atoms with Gasteiger partial charge in [-0.05, 0) is 70.7 Å². The molecule has 2 N–H and O–H groups in total. The molecule has 1 saturated heterocycles. The number of H-pyrrole nitrogens is 1. The number of nitrogens with zero attached hydrogens (tertiary/aromatic N) is 1. The van der Waals surface area contributed by atoms with Gasteiger partial charge in [-0.3, -0.25) is 4.72 Å². The first-order valence-corrected chi connectivity index (χ1v) is 14.9. The van der Waals surface area contributed by atoms with Crippen molar-refractivity contribution in [3.8, 4) is 5.75 Å². The minimum atomic E-state index is -4.25. The van der Waals surface area contributed by atoms with Crippen LogP contribution in [-0.4, -0.2) is 49.2 Å². The van der Waals surface area contributed by atoms with Gasteiger partial charge in [0.2, 0.25) is 0 Å². The Balaban J connectivity index is 1.20. The molecule has 12 heteroatoms. The summed E-state index contributed by atoms with van der Waals surface area (Å²) in [5.74, 6) is -0.657. The van der Waals surface area contributed by atoms with Gasteiger partial charge in [0.1, 0.15) is 22.1 Å². The number of amides is 1. The zero-order chi connectivity index (χ0) is 28.2. The fourth-order valence-electron chi connectivity index (χ4n) is 5.28. The molecule has 1 amide bonds. The van der Waals surface area contributed by atoms with E-state index in [1.54, 1.807) is 4.90 Å². The summed E-state index contributed by atoms with van der Waals surface area (Å²) in [5.41, 5.74) is 0.137. The number of aromatic amines is 1. The van der Waals surface area contributed by atoms with Crippen LogP contribution in [0.15, 0.2) is 41.4 Å². The maximum atomic E-state index is 15.0. The molecule has 5 rings (SSSR count). The van der Waals surface area contributed by atoms with Gasteiger partial charge in [0.05, 0.1) is 27.4 Å². The molecule has 39 heavy (non-hydrogen) atoms. The number of hydrogen-bond donors (Lipinski definition) is 2. The fraction of sp³-hybridized carbons (Fsp3) is 0.444. The van der Waals surface area contributed by atoms with E-state index in [0.717, 1.165) is 31.7 Å². The maximum Gasteiger partial charge on any atom is 0.410 e. The standard InChI is InChI=1S/C27H30Cl2FN3O5S/c1-26(2,3)38-25(34)33-14-27(15-33)10-8-16(9-11-27)37-17-4-7-22(20(30)12-17)39(35,36)32-21-6-5-18(28)23-19(29)13-31-24(21)23/h4-7,12-13,16,31-32H,8-11,14-15H2,1-3H3. The molecule has 1 spiro atoms. The molecule has 0 atom stereocenters. The van der Waals surface area contributed by atoms with E-state index in [-0.39, 0.29) is 29.0 Å². The minimum Gasteiger partial charge on any atom is -0.490 e. The van der Waals surface area contributed by atoms with Crippen LogP contribution in [0.3, 0.4) is 0 Å². The topological polar surface area (TPSA) is 101 Å². The summed E-state index contributed by atoms with van der Waals surface area (Å²) in [6.45, 7) is 6.87. The highest BCUT2D eigenvalue weighted by Gasteiger charge is 2.48. The number of anilines is 1. The molecule has 1 aromatic heterocycles. The van der Waals surface area contributed by atoms with Gasteiger partial charge in [-0.1, -0.05) is 23.2 Å². The van der Waals surface area contributed by atoms with Crippen molar-refractivity contribution in [3.63, 3.8) is 0 Å². The first-order chi connectivity index (χ1) is 18.3. The van der Waals surface area contributed by atoms with Crippen molar-refractivity contribution in [2.45, 2.75) is 63.1 Å². The molecule has 2 aromatic carbocycles. The zero-order valence-electron chi connectivity index (χ0n) is 21.8. The quantitative estimate of drug-likeness (QED) is 0.330. The van der Waals surface area contributed by atoms with Crippen LogP contribution < -0.4 is 9.46 Å². The smallest absolute Gasteiger partial charge is 0.410 e. The Morgan fingerprint density at radius 1 is 1.13 bits per heavy atom. The lowest BCUT2D eigenvalue weighted by Crippen LogP contribution is -2.60. The Morgan fingerprint density at radius 3 is 2.46 bits per heavy atom. The third-order valence-electron chi connectivity index (χ3n) is 7.17. The van der Waals surface area contributed by atoms with Crippen molar-refractivity contribution < 1.29 is 27.1 Å². The highest BCUT2D eigenvalue weighted by molar-refractivity contribution is 7.92. The van der Waals surface area contributed by atoms with Crippen molar-refractivity contribution in [1.82, 2.24) is 9.88 Å². The van der Waals surface area contributed by atoms with E-state index in [1.165, 1.54) is 30.5 Å². The van der Waals surface area contributed by atoms with Gasteiger partial charge in [-0.25, -0.2) is 17.6 Å². The Labute approximate surface area is 236 Å². The normalized spacial score (nSPS) is 17.7. The Hall–Kier alpha value is -2.69. The second-order valence-electron chi connectivity index (χ2n) is 11.3. The third kappa shape index (κ3) is 5.78. The number of sulfonamides is 1. The van der Waals surface area contributed by atoms with Crippen LogP contribution in [0.25, 0.3) is 10.9 Å². The van der Waals surface area contributed by atoms with Gasteiger partial charge in [-0.2, -0.15) is 0 Å². The number of aromatic nitrogens is 1. The van der Waals surface area contributed by atoms with Gasteiger partial charge >= 0.3 is 6.09 Å². The molecule has 2 heterocycles.